The fourth-order valence-electron chi connectivity index (χ4n) is 2.48. The Hall–Kier alpha value is -1.55. The van der Waals surface area contributed by atoms with Crippen LogP contribution in [0.15, 0.2) is 24.5 Å². The number of hydrogen-bond donors (Lipinski definition) is 1. The van der Waals surface area contributed by atoms with Crippen LogP contribution in [0.4, 0.5) is 0 Å². The van der Waals surface area contributed by atoms with Crippen LogP contribution >= 0.6 is 0 Å². The summed E-state index contributed by atoms with van der Waals surface area (Å²) >= 11 is 0. The summed E-state index contributed by atoms with van der Waals surface area (Å²) in [7, 11) is 2.13. The lowest BCUT2D eigenvalue weighted by molar-refractivity contribution is 0.304. The van der Waals surface area contributed by atoms with E-state index in [2.05, 4.69) is 16.9 Å². The van der Waals surface area contributed by atoms with Gasteiger partial charge in [-0.3, -0.25) is 9.30 Å². The van der Waals surface area contributed by atoms with Crippen molar-refractivity contribution in [3.8, 4) is 5.75 Å². The van der Waals surface area contributed by atoms with Crippen molar-refractivity contribution in [3.63, 3.8) is 0 Å². The molecule has 1 saturated heterocycles. The fraction of sp³-hybridized carbons (Fsp3) is 0.417. The first-order valence-electron chi connectivity index (χ1n) is 5.62. The van der Waals surface area contributed by atoms with Crippen LogP contribution in [0, 0.1) is 0 Å². The maximum Gasteiger partial charge on any atom is 0.132 e. The summed E-state index contributed by atoms with van der Waals surface area (Å²) < 4.78 is 1.99. The fourth-order valence-corrected chi connectivity index (χ4v) is 2.48. The van der Waals surface area contributed by atoms with Gasteiger partial charge in [0.15, 0.2) is 0 Å². The summed E-state index contributed by atoms with van der Waals surface area (Å²) in [6.07, 6.45) is 5.96. The second-order valence-electron chi connectivity index (χ2n) is 4.44. The van der Waals surface area contributed by atoms with E-state index in [0.717, 1.165) is 24.3 Å². The minimum atomic E-state index is 0.285. The van der Waals surface area contributed by atoms with E-state index in [0.29, 0.717) is 6.04 Å². The zero-order valence-electron chi connectivity index (χ0n) is 9.30. The molecule has 0 radical (unpaired) electrons. The van der Waals surface area contributed by atoms with Gasteiger partial charge in [-0.15, -0.1) is 0 Å². The molecular formula is C12H15N3O. The predicted molar refractivity (Wildman–Crippen MR) is 61.5 cm³/mol. The number of aromatic hydroxyl groups is 1. The Morgan fingerprint density at radius 3 is 3.06 bits per heavy atom. The largest absolute Gasteiger partial charge is 0.506 e. The Kier molecular flexibility index (Phi) is 2.11. The smallest absolute Gasteiger partial charge is 0.132 e. The molecule has 1 atom stereocenters. The first kappa shape index (κ1) is 9.66. The average Bonchev–Trinajstić information content (AvgIpc) is 2.83. The molecule has 0 aliphatic carbocycles. The van der Waals surface area contributed by atoms with Gasteiger partial charge in [-0.05, 0) is 38.6 Å². The van der Waals surface area contributed by atoms with Crippen molar-refractivity contribution in [3.05, 3.63) is 30.4 Å². The summed E-state index contributed by atoms with van der Waals surface area (Å²) in [5.41, 5.74) is 1.04. The number of likely N-dealkylation sites (tertiary alicyclic amines) is 1. The van der Waals surface area contributed by atoms with Crippen molar-refractivity contribution in [1.29, 1.82) is 0 Å². The van der Waals surface area contributed by atoms with Crippen molar-refractivity contribution in [1.82, 2.24) is 14.3 Å². The predicted octanol–water partition coefficient (Wildman–Crippen LogP) is 1.81. The average molecular weight is 217 g/mol. The van der Waals surface area contributed by atoms with Gasteiger partial charge >= 0.3 is 0 Å². The van der Waals surface area contributed by atoms with Crippen molar-refractivity contribution < 1.29 is 5.11 Å². The Bertz CT molecular complexity index is 520. The highest BCUT2D eigenvalue weighted by Gasteiger charge is 2.26. The lowest BCUT2D eigenvalue weighted by Crippen LogP contribution is -2.19. The Balaban J connectivity index is 2.12. The molecule has 0 bridgehead atoms. The first-order chi connectivity index (χ1) is 7.75. The lowest BCUT2D eigenvalue weighted by Gasteiger charge is -2.18. The van der Waals surface area contributed by atoms with E-state index in [1.807, 2.05) is 16.7 Å². The number of nitrogens with zero attached hydrogens (tertiary/aromatic N) is 3. The third-order valence-corrected chi connectivity index (χ3v) is 3.36. The quantitative estimate of drug-likeness (QED) is 0.792. The highest BCUT2D eigenvalue weighted by Crippen LogP contribution is 2.30. The summed E-state index contributed by atoms with van der Waals surface area (Å²) in [5, 5.41) is 9.52. The zero-order valence-corrected chi connectivity index (χ0v) is 9.30. The molecule has 3 heterocycles. The molecule has 0 saturated carbocycles. The highest BCUT2D eigenvalue weighted by molar-refractivity contribution is 5.48. The molecular weight excluding hydrogens is 202 g/mol. The van der Waals surface area contributed by atoms with Gasteiger partial charge in [0.2, 0.25) is 0 Å². The van der Waals surface area contributed by atoms with Crippen molar-refractivity contribution in [2.24, 2.45) is 0 Å². The van der Waals surface area contributed by atoms with E-state index >= 15 is 0 Å². The van der Waals surface area contributed by atoms with Gasteiger partial charge in [-0.2, -0.15) is 0 Å². The molecule has 3 rings (SSSR count). The van der Waals surface area contributed by atoms with Gasteiger partial charge in [0.25, 0.3) is 0 Å². The molecule has 1 N–H and O–H groups in total. The molecule has 4 nitrogen and oxygen atoms in total. The minimum absolute atomic E-state index is 0.285. The Morgan fingerprint density at radius 2 is 2.31 bits per heavy atom. The van der Waals surface area contributed by atoms with E-state index in [4.69, 9.17) is 0 Å². The first-order valence-corrected chi connectivity index (χ1v) is 5.62. The van der Waals surface area contributed by atoms with Gasteiger partial charge in [-0.1, -0.05) is 0 Å². The van der Waals surface area contributed by atoms with Gasteiger partial charge in [0, 0.05) is 0 Å². The SMILES string of the molecule is CN1CCCC1c1ncc2ccc(O)cn12. The number of aromatic nitrogens is 2. The number of rotatable bonds is 1. The monoisotopic (exact) mass is 217 g/mol. The molecule has 1 fully saturated rings. The maximum absolute atomic E-state index is 9.52. The number of hydrogen-bond acceptors (Lipinski definition) is 3. The number of fused-ring (bicyclic) bond motifs is 1. The van der Waals surface area contributed by atoms with E-state index in [9.17, 15) is 5.11 Å². The summed E-state index contributed by atoms with van der Waals surface area (Å²) in [4.78, 5) is 6.80. The lowest BCUT2D eigenvalue weighted by atomic mass is 10.2. The van der Waals surface area contributed by atoms with E-state index in [1.54, 1.807) is 12.3 Å². The van der Waals surface area contributed by atoms with E-state index in [1.165, 1.54) is 6.42 Å². The maximum atomic E-state index is 9.52. The Morgan fingerprint density at radius 1 is 1.44 bits per heavy atom. The molecule has 2 aromatic heterocycles. The second kappa shape index (κ2) is 3.49. The molecule has 1 unspecified atom stereocenters. The third kappa shape index (κ3) is 1.38. The van der Waals surface area contributed by atoms with Crippen molar-refractivity contribution >= 4 is 5.52 Å². The van der Waals surface area contributed by atoms with Gasteiger partial charge < -0.3 is 5.11 Å². The van der Waals surface area contributed by atoms with Crippen LogP contribution < -0.4 is 0 Å². The zero-order chi connectivity index (χ0) is 11.1. The van der Waals surface area contributed by atoms with Crippen LogP contribution in [0.1, 0.15) is 24.7 Å². The van der Waals surface area contributed by atoms with Crippen LogP contribution in [0.3, 0.4) is 0 Å². The molecule has 1 aliphatic rings. The van der Waals surface area contributed by atoms with Crippen LogP contribution in [0.2, 0.25) is 0 Å². The van der Waals surface area contributed by atoms with Crippen LogP contribution in [-0.2, 0) is 0 Å². The number of pyridine rings is 1. The second-order valence-corrected chi connectivity index (χ2v) is 4.44. The molecule has 84 valence electrons. The van der Waals surface area contributed by atoms with Crippen LogP contribution in [-0.4, -0.2) is 33.0 Å². The van der Waals surface area contributed by atoms with Crippen LogP contribution in [0.25, 0.3) is 5.52 Å². The molecule has 2 aromatic rings. The molecule has 4 heteroatoms. The summed E-state index contributed by atoms with van der Waals surface area (Å²) in [5.74, 6) is 1.32. The third-order valence-electron chi connectivity index (χ3n) is 3.36. The van der Waals surface area contributed by atoms with Gasteiger partial charge in [0.1, 0.15) is 11.6 Å². The van der Waals surface area contributed by atoms with Crippen LogP contribution in [0.5, 0.6) is 5.75 Å². The van der Waals surface area contributed by atoms with Crippen molar-refractivity contribution in [2.45, 2.75) is 18.9 Å². The van der Waals surface area contributed by atoms with Crippen molar-refractivity contribution in [2.75, 3.05) is 13.6 Å². The molecule has 1 aliphatic heterocycles. The standard InChI is InChI=1S/C12H15N3O/c1-14-6-2-3-11(14)12-13-7-9-4-5-10(16)8-15(9)12/h4-5,7-8,11,16H,2-3,6H2,1H3. The van der Waals surface area contributed by atoms with Gasteiger partial charge in [0.05, 0.1) is 24.0 Å². The summed E-state index contributed by atoms with van der Waals surface area (Å²) in [6.45, 7) is 1.12. The molecule has 16 heavy (non-hydrogen) atoms. The van der Waals surface area contributed by atoms with E-state index in [-0.39, 0.29) is 5.75 Å². The van der Waals surface area contributed by atoms with E-state index < -0.39 is 0 Å². The number of imidazole rings is 1. The minimum Gasteiger partial charge on any atom is -0.506 e. The van der Waals surface area contributed by atoms with Gasteiger partial charge in [-0.25, -0.2) is 4.98 Å². The molecule has 0 amide bonds. The highest BCUT2D eigenvalue weighted by atomic mass is 16.3. The topological polar surface area (TPSA) is 40.8 Å². The molecule has 0 aromatic carbocycles. The Labute approximate surface area is 94.1 Å². The molecule has 0 spiro atoms. The normalized spacial score (nSPS) is 21.9. The summed E-state index contributed by atoms with van der Waals surface area (Å²) in [6, 6.07) is 3.96.